The first-order valence-electron chi connectivity index (χ1n) is 10.0. The van der Waals surface area contributed by atoms with Gasteiger partial charge < -0.3 is 14.7 Å². The first-order valence-corrected chi connectivity index (χ1v) is 10.0. The second kappa shape index (κ2) is 7.27. The van der Waals surface area contributed by atoms with Crippen LogP contribution in [0.25, 0.3) is 0 Å². The zero-order valence-corrected chi connectivity index (χ0v) is 16.3. The number of carbonyl (C=O) groups excluding carboxylic acids is 1. The molecule has 0 radical (unpaired) electrons. The summed E-state index contributed by atoms with van der Waals surface area (Å²) >= 11 is 0. The van der Waals surface area contributed by atoms with Crippen molar-refractivity contribution >= 4 is 12.1 Å². The van der Waals surface area contributed by atoms with Crippen LogP contribution in [0.4, 0.5) is 5.82 Å². The number of pyridine rings is 1. The van der Waals surface area contributed by atoms with Crippen LogP contribution in [0.1, 0.15) is 53.5 Å². The Morgan fingerprint density at radius 1 is 1.21 bits per heavy atom. The van der Waals surface area contributed by atoms with Gasteiger partial charge in [0.1, 0.15) is 12.1 Å². The largest absolute Gasteiger partial charge is 0.358 e. The number of benzene rings is 1. The number of aromatic amines is 1. The SMILES string of the molecule is Cc1cccc(C#N)c1C1(C=O)CCN(c2cc3c(c(=O)[nH]2)CCCC3)CC1. The molecule has 1 N–H and O–H groups in total. The van der Waals surface area contributed by atoms with Crippen molar-refractivity contribution < 1.29 is 4.79 Å². The van der Waals surface area contributed by atoms with E-state index in [0.717, 1.165) is 54.5 Å². The lowest BCUT2D eigenvalue weighted by Crippen LogP contribution is -2.45. The fraction of sp³-hybridized carbons (Fsp3) is 0.435. The van der Waals surface area contributed by atoms with E-state index in [9.17, 15) is 14.9 Å². The molecular weight excluding hydrogens is 350 g/mol. The van der Waals surface area contributed by atoms with Gasteiger partial charge in [0.15, 0.2) is 0 Å². The highest BCUT2D eigenvalue weighted by molar-refractivity contribution is 5.73. The molecule has 0 spiro atoms. The summed E-state index contributed by atoms with van der Waals surface area (Å²) in [5, 5.41) is 9.54. The smallest absolute Gasteiger partial charge is 0.252 e. The summed E-state index contributed by atoms with van der Waals surface area (Å²) < 4.78 is 0. The van der Waals surface area contributed by atoms with E-state index in [0.29, 0.717) is 31.5 Å². The highest BCUT2D eigenvalue weighted by Crippen LogP contribution is 2.38. The number of rotatable bonds is 3. The lowest BCUT2D eigenvalue weighted by molar-refractivity contribution is -0.113. The molecule has 4 rings (SSSR count). The fourth-order valence-electron chi connectivity index (χ4n) is 4.91. The van der Waals surface area contributed by atoms with E-state index in [1.165, 1.54) is 5.56 Å². The number of nitrogens with one attached hydrogen (secondary N) is 1. The van der Waals surface area contributed by atoms with Crippen molar-refractivity contribution in [3.05, 3.63) is 62.4 Å². The van der Waals surface area contributed by atoms with Crippen molar-refractivity contribution in [2.75, 3.05) is 18.0 Å². The average molecular weight is 375 g/mol. The topological polar surface area (TPSA) is 77.0 Å². The predicted molar refractivity (Wildman–Crippen MR) is 109 cm³/mol. The normalized spacial score (nSPS) is 18.2. The van der Waals surface area contributed by atoms with Gasteiger partial charge in [0, 0.05) is 18.7 Å². The second-order valence-electron chi connectivity index (χ2n) is 8.06. The Kier molecular flexibility index (Phi) is 4.80. The Hall–Kier alpha value is -2.87. The van der Waals surface area contributed by atoms with Gasteiger partial charge in [-0.25, -0.2) is 0 Å². The Morgan fingerprint density at radius 3 is 2.68 bits per heavy atom. The first-order chi connectivity index (χ1) is 13.6. The molecule has 5 heteroatoms. The molecule has 2 aliphatic rings. The van der Waals surface area contributed by atoms with Crippen molar-refractivity contribution in [3.63, 3.8) is 0 Å². The summed E-state index contributed by atoms with van der Waals surface area (Å²) in [6.07, 6.45) is 6.34. The van der Waals surface area contributed by atoms with Gasteiger partial charge in [0.05, 0.1) is 17.0 Å². The molecule has 0 bridgehead atoms. The molecule has 144 valence electrons. The van der Waals surface area contributed by atoms with Gasteiger partial charge in [-0.1, -0.05) is 12.1 Å². The number of piperidine rings is 1. The standard InChI is InChI=1S/C23H25N3O2/c1-16-5-4-7-18(14-24)21(16)23(15-27)9-11-26(12-10-23)20-13-17-6-2-3-8-19(17)22(28)25-20/h4-5,7,13,15H,2-3,6,8-12H2,1H3,(H,25,28). The molecule has 1 aliphatic heterocycles. The van der Waals surface area contributed by atoms with Crippen LogP contribution in [0.3, 0.4) is 0 Å². The van der Waals surface area contributed by atoms with Gasteiger partial charge in [-0.15, -0.1) is 0 Å². The fourth-order valence-corrected chi connectivity index (χ4v) is 4.91. The Labute approximate surface area is 165 Å². The maximum Gasteiger partial charge on any atom is 0.252 e. The Bertz CT molecular complexity index is 1010. The number of fused-ring (bicyclic) bond motifs is 1. The number of aromatic nitrogens is 1. The van der Waals surface area contributed by atoms with Crippen molar-refractivity contribution in [3.8, 4) is 6.07 Å². The van der Waals surface area contributed by atoms with Gasteiger partial charge in [0.2, 0.25) is 0 Å². The Balaban J connectivity index is 1.63. The van der Waals surface area contributed by atoms with E-state index in [4.69, 9.17) is 0 Å². The van der Waals surface area contributed by atoms with Crippen molar-refractivity contribution in [2.45, 2.75) is 50.9 Å². The van der Waals surface area contributed by atoms with Crippen LogP contribution in [0.2, 0.25) is 0 Å². The first kappa shape index (κ1) is 18.5. The van der Waals surface area contributed by atoms with Crippen molar-refractivity contribution in [1.82, 2.24) is 4.98 Å². The van der Waals surface area contributed by atoms with Gasteiger partial charge in [0.25, 0.3) is 5.56 Å². The molecule has 0 unspecified atom stereocenters. The van der Waals surface area contributed by atoms with Crippen LogP contribution in [-0.2, 0) is 23.1 Å². The van der Waals surface area contributed by atoms with E-state index >= 15 is 0 Å². The van der Waals surface area contributed by atoms with Gasteiger partial charge in [-0.3, -0.25) is 4.79 Å². The van der Waals surface area contributed by atoms with Crippen LogP contribution in [0.5, 0.6) is 0 Å². The zero-order valence-electron chi connectivity index (χ0n) is 16.3. The van der Waals surface area contributed by atoms with E-state index in [2.05, 4.69) is 22.0 Å². The number of hydrogen-bond acceptors (Lipinski definition) is 4. The second-order valence-corrected chi connectivity index (χ2v) is 8.06. The molecule has 1 saturated heterocycles. The summed E-state index contributed by atoms with van der Waals surface area (Å²) in [6.45, 7) is 3.31. The van der Waals surface area contributed by atoms with E-state index < -0.39 is 5.41 Å². The van der Waals surface area contributed by atoms with Crippen molar-refractivity contribution in [1.29, 1.82) is 5.26 Å². The third-order valence-electron chi connectivity index (χ3n) is 6.45. The third kappa shape index (κ3) is 3.03. The molecule has 2 heterocycles. The van der Waals surface area contributed by atoms with Gasteiger partial charge >= 0.3 is 0 Å². The van der Waals surface area contributed by atoms with Crippen molar-refractivity contribution in [2.24, 2.45) is 0 Å². The van der Waals surface area contributed by atoms with Gasteiger partial charge in [-0.05, 0) is 74.3 Å². The number of H-pyrrole nitrogens is 1. The number of nitrogens with zero attached hydrogens (tertiary/aromatic N) is 2. The van der Waals surface area contributed by atoms with Crippen LogP contribution in [0.15, 0.2) is 29.1 Å². The monoisotopic (exact) mass is 375 g/mol. The van der Waals surface area contributed by atoms with Crippen LogP contribution in [0, 0.1) is 18.3 Å². The summed E-state index contributed by atoms with van der Waals surface area (Å²) in [5.41, 5.74) is 3.94. The van der Waals surface area contributed by atoms with E-state index in [1.54, 1.807) is 6.07 Å². The molecule has 5 nitrogen and oxygen atoms in total. The summed E-state index contributed by atoms with van der Waals surface area (Å²) in [5.74, 6) is 0.857. The third-order valence-corrected chi connectivity index (χ3v) is 6.45. The molecule has 0 saturated carbocycles. The minimum absolute atomic E-state index is 0.0325. The minimum atomic E-state index is -0.637. The number of aldehydes is 1. The number of carbonyl (C=O) groups is 1. The van der Waals surface area contributed by atoms with E-state index in [-0.39, 0.29) is 5.56 Å². The van der Waals surface area contributed by atoms with Crippen LogP contribution < -0.4 is 10.5 Å². The quantitative estimate of drug-likeness (QED) is 0.836. The highest BCUT2D eigenvalue weighted by Gasteiger charge is 2.39. The lowest BCUT2D eigenvalue weighted by Gasteiger charge is -2.40. The Morgan fingerprint density at radius 2 is 1.96 bits per heavy atom. The molecular formula is C23H25N3O2. The molecule has 1 aromatic carbocycles. The number of anilines is 1. The van der Waals surface area contributed by atoms with Crippen LogP contribution >= 0.6 is 0 Å². The summed E-state index contributed by atoms with van der Waals surface area (Å²) in [4.78, 5) is 29.9. The van der Waals surface area contributed by atoms with Gasteiger partial charge in [-0.2, -0.15) is 5.26 Å². The molecule has 0 atom stereocenters. The highest BCUT2D eigenvalue weighted by atomic mass is 16.1. The lowest BCUT2D eigenvalue weighted by atomic mass is 9.71. The molecule has 2 aromatic rings. The molecule has 1 aromatic heterocycles. The molecule has 1 fully saturated rings. The average Bonchev–Trinajstić information content (AvgIpc) is 2.73. The van der Waals surface area contributed by atoms with E-state index in [1.807, 2.05) is 19.1 Å². The maximum absolute atomic E-state index is 12.5. The molecule has 28 heavy (non-hydrogen) atoms. The number of nitriles is 1. The zero-order chi connectivity index (χ0) is 19.7. The number of hydrogen-bond donors (Lipinski definition) is 1. The number of aryl methyl sites for hydroxylation is 2. The van der Waals surface area contributed by atoms with Crippen LogP contribution in [-0.4, -0.2) is 24.4 Å². The molecule has 1 aliphatic carbocycles. The molecule has 0 amide bonds. The predicted octanol–water partition coefficient (Wildman–Crippen LogP) is 3.17. The summed E-state index contributed by atoms with van der Waals surface area (Å²) in [6, 6.07) is 10.0. The minimum Gasteiger partial charge on any atom is -0.358 e. The summed E-state index contributed by atoms with van der Waals surface area (Å²) in [7, 11) is 0. The maximum atomic E-state index is 12.5.